The fourth-order valence-corrected chi connectivity index (χ4v) is 0. The van der Waals surface area contributed by atoms with Gasteiger partial charge in [-0.2, -0.15) is 0 Å². The van der Waals surface area contributed by atoms with Gasteiger partial charge < -0.3 is 16.7 Å². The molecule has 0 rings (SSSR count). The Morgan fingerprint density at radius 3 is 1.50 bits per heavy atom. The molecule has 54 valence electrons. The van der Waals surface area contributed by atoms with E-state index < -0.39 is 0 Å². The molecule has 6 heteroatoms. The Kier molecular flexibility index (Phi) is 55.1. The van der Waals surface area contributed by atoms with E-state index in [1.165, 1.54) is 5.34 Å². The van der Waals surface area contributed by atoms with E-state index in [9.17, 15) is 0 Å². The Bertz CT molecular complexity index is 34.5. The van der Waals surface area contributed by atoms with Gasteiger partial charge in [-0.15, -0.1) is 4.91 Å². The van der Waals surface area contributed by atoms with Crippen molar-refractivity contribution in [1.82, 2.24) is 0 Å². The van der Waals surface area contributed by atoms with Crippen LogP contribution in [0.15, 0.2) is 5.34 Å². The maximum atomic E-state index is 8.11. The van der Waals surface area contributed by atoms with Crippen LogP contribution >= 0.6 is 0 Å². The molecule has 5 N–H and O–H groups in total. The van der Waals surface area contributed by atoms with Crippen LogP contribution in [0.1, 0.15) is 0 Å². The predicted octanol–water partition coefficient (Wildman–Crippen LogP) is -0.957. The second-order valence-electron chi connectivity index (χ2n) is 0.659. The molecule has 0 amide bonds. The van der Waals surface area contributed by atoms with Crippen molar-refractivity contribution in [2.24, 2.45) is 16.8 Å². The Labute approximate surface area is 61.0 Å². The minimum absolute atomic E-state index is 0. The van der Waals surface area contributed by atoms with Crippen molar-refractivity contribution in [3.63, 3.8) is 0 Å². The average molecular weight is 214 g/mol. The first-order valence-electron chi connectivity index (χ1n) is 1.70. The number of hydrogen-bond donors (Lipinski definition) is 3. The number of rotatable bonds is 1. The van der Waals surface area contributed by atoms with Gasteiger partial charge in [0.15, 0.2) is 5.34 Å². The molecular weight excluding hydrogens is 204 g/mol. The normalized spacial score (nSPS) is 5.25. The summed E-state index contributed by atoms with van der Waals surface area (Å²) in [4.78, 5) is 8.11. The number of nitrogens with zero attached hydrogens (tertiary/aromatic N) is 1. The van der Waals surface area contributed by atoms with Crippen LogP contribution in [0.5, 0.6) is 0 Å². The summed E-state index contributed by atoms with van der Waals surface area (Å²) in [6.07, 6.45) is 0. The molecule has 0 fully saturated rings. The first-order chi connectivity index (χ1) is 3.33. The van der Waals surface area contributed by atoms with Crippen LogP contribution in [-0.2, 0) is 20.4 Å². The second kappa shape index (κ2) is 28.1. The maximum absolute atomic E-state index is 8.11. The monoisotopic (exact) mass is 213 g/mol. The molecule has 0 unspecified atom stereocenters. The van der Waals surface area contributed by atoms with Crippen LogP contribution in [0.3, 0.4) is 0 Å². The van der Waals surface area contributed by atoms with Crippen LogP contribution in [-0.4, -0.2) is 18.3 Å². The molecule has 0 aromatic heterocycles. The Morgan fingerprint density at radius 1 is 1.38 bits per heavy atom. The van der Waals surface area contributed by atoms with E-state index in [1.807, 2.05) is 0 Å². The van der Waals surface area contributed by atoms with E-state index in [4.69, 9.17) is 21.6 Å². The smallest absolute Gasteiger partial charge is 0.152 e. The van der Waals surface area contributed by atoms with Crippen LogP contribution < -0.4 is 11.5 Å². The summed E-state index contributed by atoms with van der Waals surface area (Å²) in [5, 5.41) is 7.89. The van der Waals surface area contributed by atoms with E-state index in [2.05, 4.69) is 0 Å². The van der Waals surface area contributed by atoms with Gasteiger partial charge in [-0.3, -0.25) is 0 Å². The van der Waals surface area contributed by atoms with Gasteiger partial charge in [-0.25, -0.2) is 0 Å². The summed E-state index contributed by atoms with van der Waals surface area (Å²) in [6, 6.07) is 0. The van der Waals surface area contributed by atoms with Crippen LogP contribution in [0.25, 0.3) is 0 Å². The molecule has 0 atom stereocenters. The van der Waals surface area contributed by atoms with E-state index in [0.29, 0.717) is 13.1 Å². The molecule has 0 heterocycles. The van der Waals surface area contributed by atoms with Crippen molar-refractivity contribution >= 4 is 0 Å². The number of hydrogen-bond acceptors (Lipinski definition) is 4. The van der Waals surface area contributed by atoms with Crippen molar-refractivity contribution < 1.29 is 25.6 Å². The fraction of sp³-hybridized carbons (Fsp3) is 1.00. The SMILES string of the molecule is NCCN.O=NO.[Pd]. The Hall–Kier alpha value is -0.0177. The van der Waals surface area contributed by atoms with Crippen molar-refractivity contribution in [2.45, 2.75) is 0 Å². The quantitative estimate of drug-likeness (QED) is 0.297. The summed E-state index contributed by atoms with van der Waals surface area (Å²) in [7, 11) is 0. The Balaban J connectivity index is -0.0000000575. The van der Waals surface area contributed by atoms with E-state index in [0.717, 1.165) is 0 Å². The standard InChI is InChI=1S/C2H8N2.HNO2.Pd/c3-1-2-4;2-1-3;/h1-4H2;(H,2,3);. The number of nitrogens with two attached hydrogens (primary N) is 2. The molecule has 0 spiro atoms. The van der Waals surface area contributed by atoms with Gasteiger partial charge in [-0.05, 0) is 0 Å². The van der Waals surface area contributed by atoms with E-state index in [1.54, 1.807) is 0 Å². The largest absolute Gasteiger partial charge is 0.379 e. The zero-order valence-corrected chi connectivity index (χ0v) is 5.74. The van der Waals surface area contributed by atoms with Crippen LogP contribution in [0, 0.1) is 4.91 Å². The summed E-state index contributed by atoms with van der Waals surface area (Å²) in [5.74, 6) is 0. The van der Waals surface area contributed by atoms with Gasteiger partial charge in [0.1, 0.15) is 0 Å². The molecule has 0 aliphatic rings. The molecule has 5 nitrogen and oxygen atoms in total. The minimum Gasteiger partial charge on any atom is -0.379 e. The summed E-state index contributed by atoms with van der Waals surface area (Å²) < 4.78 is 0. The van der Waals surface area contributed by atoms with E-state index >= 15 is 0 Å². The zero-order chi connectivity index (χ0) is 6.12. The van der Waals surface area contributed by atoms with E-state index in [-0.39, 0.29) is 20.4 Å². The molecule has 0 saturated heterocycles. The first kappa shape index (κ1) is 15.7. The first-order valence-corrected chi connectivity index (χ1v) is 1.70. The molecule has 0 aromatic rings. The van der Waals surface area contributed by atoms with Crippen molar-refractivity contribution in [3.8, 4) is 0 Å². The molecule has 0 aliphatic carbocycles. The predicted molar refractivity (Wildman–Crippen MR) is 25.7 cm³/mol. The zero-order valence-electron chi connectivity index (χ0n) is 4.19. The van der Waals surface area contributed by atoms with Gasteiger partial charge in [-0.1, -0.05) is 0 Å². The van der Waals surface area contributed by atoms with Gasteiger partial charge in [0.05, 0.1) is 0 Å². The molecule has 0 aromatic carbocycles. The van der Waals surface area contributed by atoms with Gasteiger partial charge in [0.2, 0.25) is 0 Å². The molecule has 8 heavy (non-hydrogen) atoms. The van der Waals surface area contributed by atoms with Gasteiger partial charge in [0.25, 0.3) is 0 Å². The molecule has 0 bridgehead atoms. The third-order valence-electron chi connectivity index (χ3n) is 0.167. The van der Waals surface area contributed by atoms with Crippen LogP contribution in [0.4, 0.5) is 0 Å². The third kappa shape index (κ3) is 154. The second-order valence-corrected chi connectivity index (χ2v) is 0.659. The van der Waals surface area contributed by atoms with Gasteiger partial charge in [0, 0.05) is 33.5 Å². The van der Waals surface area contributed by atoms with Crippen LogP contribution in [0.2, 0.25) is 0 Å². The topological polar surface area (TPSA) is 102 Å². The summed E-state index contributed by atoms with van der Waals surface area (Å²) >= 11 is 0. The Morgan fingerprint density at radius 2 is 1.50 bits per heavy atom. The van der Waals surface area contributed by atoms with Gasteiger partial charge >= 0.3 is 0 Å². The molecule has 0 saturated carbocycles. The summed E-state index contributed by atoms with van der Waals surface area (Å²) in [6.45, 7) is 1.19. The molecule has 0 aliphatic heterocycles. The minimum atomic E-state index is 0. The third-order valence-corrected chi connectivity index (χ3v) is 0.167. The summed E-state index contributed by atoms with van der Waals surface area (Å²) in [5.41, 5.74) is 9.81. The van der Waals surface area contributed by atoms with Crippen molar-refractivity contribution in [1.29, 1.82) is 0 Å². The fourth-order valence-electron chi connectivity index (χ4n) is 0. The maximum Gasteiger partial charge on any atom is 0.152 e. The molecular formula is C2H9N3O2Pd. The van der Waals surface area contributed by atoms with Crippen molar-refractivity contribution in [2.75, 3.05) is 13.1 Å². The van der Waals surface area contributed by atoms with Crippen molar-refractivity contribution in [3.05, 3.63) is 4.91 Å². The molecule has 0 radical (unpaired) electrons. The average Bonchev–Trinajstić information content (AvgIpc) is 1.69.